The first-order chi connectivity index (χ1) is 20.8. The van der Waals surface area contributed by atoms with Crippen LogP contribution in [0.2, 0.25) is 5.02 Å². The van der Waals surface area contributed by atoms with Crippen LogP contribution in [0.3, 0.4) is 0 Å². The Morgan fingerprint density at radius 2 is 1.77 bits per heavy atom. The number of anilines is 1. The van der Waals surface area contributed by atoms with Crippen LogP contribution in [0.15, 0.2) is 44.9 Å². The molecule has 6 unspecified atom stereocenters. The number of phenolic OH excluding ortho intramolecular Hbond substituents is 1. The number of aromatic hydroxyl groups is 1. The van der Waals surface area contributed by atoms with Crippen molar-refractivity contribution in [3.63, 3.8) is 0 Å². The van der Waals surface area contributed by atoms with Gasteiger partial charge < -0.3 is 14.6 Å². The van der Waals surface area contributed by atoms with E-state index in [0.717, 1.165) is 18.1 Å². The molecule has 6 rings (SSSR count). The van der Waals surface area contributed by atoms with Crippen LogP contribution in [-0.4, -0.2) is 53.9 Å². The van der Waals surface area contributed by atoms with Crippen LogP contribution in [0, 0.1) is 34.9 Å². The van der Waals surface area contributed by atoms with Crippen molar-refractivity contribution in [2.24, 2.45) is 29.1 Å². The molecule has 2 aliphatic heterocycles. The van der Waals surface area contributed by atoms with Gasteiger partial charge in [0.25, 0.3) is 0 Å². The van der Waals surface area contributed by atoms with Crippen molar-refractivity contribution in [2.45, 2.75) is 25.7 Å². The maximum absolute atomic E-state index is 14.5. The molecule has 4 aliphatic rings. The van der Waals surface area contributed by atoms with E-state index in [1.165, 1.54) is 19.2 Å². The first-order valence-corrected chi connectivity index (χ1v) is 15.5. The predicted octanol–water partition coefficient (Wildman–Crippen LogP) is 5.72. The first kappa shape index (κ1) is 30.7. The molecule has 3 fully saturated rings. The number of phenols is 1. The molecular formula is C30H24Br2ClFN2O8. The molecule has 230 valence electrons. The number of hydrogen-bond acceptors (Lipinski definition) is 8. The van der Waals surface area contributed by atoms with Crippen molar-refractivity contribution in [2.75, 3.05) is 19.1 Å². The van der Waals surface area contributed by atoms with Crippen LogP contribution in [0.25, 0.3) is 0 Å². The minimum Gasteiger partial charge on any atom is -0.503 e. The number of halogens is 4. The minimum absolute atomic E-state index is 0.0258. The predicted molar refractivity (Wildman–Crippen MR) is 160 cm³/mol. The van der Waals surface area contributed by atoms with Crippen LogP contribution < -0.4 is 9.64 Å². The highest BCUT2D eigenvalue weighted by atomic mass is 79.9. The number of hydrogen-bond donors (Lipinski definition) is 1. The number of rotatable bonds is 3. The summed E-state index contributed by atoms with van der Waals surface area (Å²) in [7, 11) is 2.44. The third-order valence-electron chi connectivity index (χ3n) is 9.50. The number of imide groups is 4. The fourth-order valence-corrected chi connectivity index (χ4v) is 8.61. The summed E-state index contributed by atoms with van der Waals surface area (Å²) in [4.78, 5) is 69.6. The molecule has 6 atom stereocenters. The van der Waals surface area contributed by atoms with Gasteiger partial charge in [0.15, 0.2) is 11.5 Å². The van der Waals surface area contributed by atoms with Crippen molar-refractivity contribution in [3.8, 4) is 11.5 Å². The minimum atomic E-state index is -1.44. The highest BCUT2D eigenvalue weighted by molar-refractivity contribution is 9.13. The Kier molecular flexibility index (Phi) is 7.44. The van der Waals surface area contributed by atoms with Crippen molar-refractivity contribution in [3.05, 3.63) is 61.3 Å². The number of fused-ring (bicyclic) bond motifs is 4. The normalized spacial score (nSPS) is 29.3. The van der Waals surface area contributed by atoms with Crippen molar-refractivity contribution >= 4 is 78.9 Å². The number of carbonyl (C=O) groups is 5. The lowest BCUT2D eigenvalue weighted by Gasteiger charge is -2.49. The number of carbonyl (C=O) groups excluding carboxylic acids is 5. The van der Waals surface area contributed by atoms with E-state index in [4.69, 9.17) is 21.1 Å². The molecule has 44 heavy (non-hydrogen) atoms. The fourth-order valence-electron chi connectivity index (χ4n) is 7.48. The summed E-state index contributed by atoms with van der Waals surface area (Å²) in [6.45, 7) is 1.67. The van der Waals surface area contributed by atoms with E-state index in [2.05, 4.69) is 31.9 Å². The summed E-state index contributed by atoms with van der Waals surface area (Å²) in [5, 5.41) is 10.4. The lowest BCUT2D eigenvalue weighted by Crippen LogP contribution is -2.49. The molecule has 0 bridgehead atoms. The molecule has 0 aromatic heterocycles. The number of benzene rings is 2. The lowest BCUT2D eigenvalue weighted by atomic mass is 9.51. The Bertz CT molecular complexity index is 1730. The van der Waals surface area contributed by atoms with Gasteiger partial charge in [0.1, 0.15) is 5.82 Å². The van der Waals surface area contributed by atoms with Gasteiger partial charge in [-0.3, -0.25) is 19.2 Å². The SMILES string of the molecule is COC(=O)N1C(=O)C2CC=C3C(CC4C(=O)N(c5ccc(F)c(Cl)c5)C(=O)C4(C)C3c3cc(OC)c(O)c(Br)c3Br)C2C1=O. The second kappa shape index (κ2) is 10.7. The van der Waals surface area contributed by atoms with Gasteiger partial charge in [0, 0.05) is 10.4 Å². The van der Waals surface area contributed by atoms with E-state index in [-0.39, 0.29) is 39.5 Å². The molecule has 2 aliphatic carbocycles. The summed E-state index contributed by atoms with van der Waals surface area (Å²) in [6.07, 6.45) is 0.852. The van der Waals surface area contributed by atoms with E-state index < -0.39 is 70.5 Å². The van der Waals surface area contributed by atoms with E-state index in [1.807, 2.05) is 0 Å². The molecule has 2 aromatic rings. The largest absolute Gasteiger partial charge is 0.503 e. The van der Waals surface area contributed by atoms with Gasteiger partial charge in [-0.15, -0.1) is 0 Å². The summed E-state index contributed by atoms with van der Waals surface area (Å²) in [6, 6.07) is 5.12. The molecule has 1 N–H and O–H groups in total. The Morgan fingerprint density at radius 3 is 2.41 bits per heavy atom. The maximum atomic E-state index is 14.5. The molecule has 0 spiro atoms. The summed E-state index contributed by atoms with van der Waals surface area (Å²) in [5.74, 6) is -7.78. The number of amides is 5. The Morgan fingerprint density at radius 1 is 1.07 bits per heavy atom. The van der Waals surface area contributed by atoms with Crippen LogP contribution in [0.1, 0.15) is 31.2 Å². The van der Waals surface area contributed by atoms with Crippen LogP contribution in [0.4, 0.5) is 14.9 Å². The number of likely N-dealkylation sites (tertiary alicyclic amines) is 1. The van der Waals surface area contributed by atoms with E-state index >= 15 is 0 Å². The van der Waals surface area contributed by atoms with Gasteiger partial charge in [0.05, 0.1) is 52.6 Å². The third-order valence-corrected chi connectivity index (χ3v) is 11.9. The molecule has 2 saturated heterocycles. The zero-order valence-corrected chi connectivity index (χ0v) is 27.3. The molecule has 2 heterocycles. The maximum Gasteiger partial charge on any atom is 0.423 e. The molecule has 0 radical (unpaired) electrons. The average molecular weight is 755 g/mol. The van der Waals surface area contributed by atoms with Crippen LogP contribution >= 0.6 is 43.5 Å². The van der Waals surface area contributed by atoms with Crippen molar-refractivity contribution < 1.29 is 42.9 Å². The second-order valence-electron chi connectivity index (χ2n) is 11.4. The quantitative estimate of drug-likeness (QED) is 0.312. The molecule has 1 saturated carbocycles. The van der Waals surface area contributed by atoms with Gasteiger partial charge in [-0.25, -0.2) is 14.1 Å². The van der Waals surface area contributed by atoms with Crippen LogP contribution in [0.5, 0.6) is 11.5 Å². The molecule has 10 nitrogen and oxygen atoms in total. The molecular weight excluding hydrogens is 731 g/mol. The van der Waals surface area contributed by atoms with Gasteiger partial charge >= 0.3 is 6.09 Å². The van der Waals surface area contributed by atoms with E-state index in [0.29, 0.717) is 20.5 Å². The Hall–Kier alpha value is -3.29. The zero-order valence-electron chi connectivity index (χ0n) is 23.4. The van der Waals surface area contributed by atoms with Crippen molar-refractivity contribution in [1.29, 1.82) is 0 Å². The van der Waals surface area contributed by atoms with Crippen LogP contribution in [-0.2, 0) is 23.9 Å². The fraction of sp³-hybridized carbons (Fsp3) is 0.367. The second-order valence-corrected chi connectivity index (χ2v) is 13.4. The highest BCUT2D eigenvalue weighted by Crippen LogP contribution is 2.65. The monoisotopic (exact) mass is 752 g/mol. The standard InChI is InChI=1S/C30H24Br2ClFN2O8/c1-30-16(26(39)35(28(30)41)11-4-7-18(34)17(33)8-11)9-14-12(21(30)15-10-19(43-2)24(37)23(32)22(15)31)5-6-13-20(14)27(40)36(25(13)38)29(42)44-3/h4-5,7-8,10,13-14,16,20-21,37H,6,9H2,1-3H3. The summed E-state index contributed by atoms with van der Waals surface area (Å²) in [5.41, 5.74) is -0.235. The number of nitrogens with zero attached hydrogens (tertiary/aromatic N) is 2. The van der Waals surface area contributed by atoms with Crippen molar-refractivity contribution in [1.82, 2.24) is 4.90 Å². The third kappa shape index (κ3) is 4.04. The zero-order chi connectivity index (χ0) is 32.0. The van der Waals surface area contributed by atoms with Gasteiger partial charge in [-0.2, -0.15) is 4.90 Å². The molecule has 14 heteroatoms. The first-order valence-electron chi connectivity index (χ1n) is 13.5. The Balaban J connectivity index is 1.57. The Labute approximate surface area is 272 Å². The molecule has 2 aromatic carbocycles. The topological polar surface area (TPSA) is 131 Å². The van der Waals surface area contributed by atoms with Gasteiger partial charge in [0.2, 0.25) is 23.6 Å². The van der Waals surface area contributed by atoms with E-state index in [9.17, 15) is 33.5 Å². The van der Waals surface area contributed by atoms with Gasteiger partial charge in [-0.1, -0.05) is 23.3 Å². The number of methoxy groups -OCH3 is 2. The molecule has 5 amide bonds. The lowest BCUT2D eigenvalue weighted by molar-refractivity contribution is -0.138. The average Bonchev–Trinajstić information content (AvgIpc) is 3.37. The number of allylic oxidation sites excluding steroid dienone is 2. The smallest absolute Gasteiger partial charge is 0.423 e. The highest BCUT2D eigenvalue weighted by Gasteiger charge is 2.68. The summed E-state index contributed by atoms with van der Waals surface area (Å²) < 4.78 is 24.8. The van der Waals surface area contributed by atoms with Gasteiger partial charge in [-0.05, 0) is 87.4 Å². The van der Waals surface area contributed by atoms with E-state index in [1.54, 1.807) is 19.1 Å². The summed E-state index contributed by atoms with van der Waals surface area (Å²) >= 11 is 13.0. The number of ether oxygens (including phenoxy) is 2.